The zero-order valence-corrected chi connectivity index (χ0v) is 9.80. The summed E-state index contributed by atoms with van der Waals surface area (Å²) in [6.07, 6.45) is 3.53. The van der Waals surface area contributed by atoms with E-state index in [-0.39, 0.29) is 11.8 Å². The maximum atomic E-state index is 11.7. The smallest absolute Gasteiger partial charge is 0.292 e. The second-order valence-electron chi connectivity index (χ2n) is 4.24. The summed E-state index contributed by atoms with van der Waals surface area (Å²) in [6, 6.07) is -0.392. The highest BCUT2D eigenvalue weighted by Gasteiger charge is 2.26. The van der Waals surface area contributed by atoms with Crippen LogP contribution in [0.5, 0.6) is 0 Å². The minimum absolute atomic E-state index is 0.237. The molecular weight excluding hydrogens is 220 g/mol. The van der Waals surface area contributed by atoms with Crippen molar-refractivity contribution in [2.24, 2.45) is 0 Å². The number of rotatable bonds is 2. The van der Waals surface area contributed by atoms with Crippen LogP contribution in [0.25, 0.3) is 0 Å². The number of amides is 3. The van der Waals surface area contributed by atoms with E-state index >= 15 is 0 Å². The molecule has 1 aliphatic heterocycles. The second-order valence-corrected chi connectivity index (χ2v) is 4.24. The number of aromatic nitrogens is 2. The summed E-state index contributed by atoms with van der Waals surface area (Å²) >= 11 is 0. The zero-order chi connectivity index (χ0) is 12.4. The van der Waals surface area contributed by atoms with Crippen LogP contribution in [-0.2, 0) is 4.79 Å². The number of hydrogen-bond donors (Lipinski definition) is 1. The van der Waals surface area contributed by atoms with Gasteiger partial charge in [-0.3, -0.25) is 15.0 Å². The number of carbonyl (C=O) groups is 2. The lowest BCUT2D eigenvalue weighted by Gasteiger charge is -2.28. The molecule has 2 rings (SSSR count). The SMILES string of the molecule is CC(C)c1cnncc1N1CCC(=O)NC1=O. The highest BCUT2D eigenvalue weighted by Crippen LogP contribution is 2.26. The Morgan fingerprint density at radius 1 is 1.29 bits per heavy atom. The van der Waals surface area contributed by atoms with Crippen molar-refractivity contribution in [2.75, 3.05) is 11.4 Å². The van der Waals surface area contributed by atoms with E-state index in [1.54, 1.807) is 12.4 Å². The van der Waals surface area contributed by atoms with E-state index in [0.29, 0.717) is 13.0 Å². The Morgan fingerprint density at radius 3 is 2.65 bits per heavy atom. The molecule has 1 aromatic heterocycles. The molecule has 1 saturated heterocycles. The van der Waals surface area contributed by atoms with Crippen molar-refractivity contribution in [3.8, 4) is 0 Å². The van der Waals surface area contributed by atoms with Crippen LogP contribution in [0.4, 0.5) is 10.5 Å². The Bertz CT molecular complexity index is 459. The van der Waals surface area contributed by atoms with E-state index in [1.807, 2.05) is 13.8 Å². The third-order valence-electron chi connectivity index (χ3n) is 2.71. The first-order valence-corrected chi connectivity index (χ1v) is 5.51. The van der Waals surface area contributed by atoms with Crippen molar-refractivity contribution < 1.29 is 9.59 Å². The summed E-state index contributed by atoms with van der Waals surface area (Å²) in [5.41, 5.74) is 1.67. The van der Waals surface area contributed by atoms with E-state index < -0.39 is 6.03 Å². The van der Waals surface area contributed by atoms with Gasteiger partial charge in [0.2, 0.25) is 5.91 Å². The summed E-state index contributed by atoms with van der Waals surface area (Å²) in [7, 11) is 0. The maximum Gasteiger partial charge on any atom is 0.328 e. The molecule has 0 bridgehead atoms. The van der Waals surface area contributed by atoms with Crippen LogP contribution >= 0.6 is 0 Å². The predicted octanol–water partition coefficient (Wildman–Crippen LogP) is 1.05. The van der Waals surface area contributed by atoms with Crippen LogP contribution in [0.15, 0.2) is 12.4 Å². The molecule has 1 fully saturated rings. The van der Waals surface area contributed by atoms with Gasteiger partial charge in [0.25, 0.3) is 0 Å². The van der Waals surface area contributed by atoms with E-state index in [4.69, 9.17) is 0 Å². The Hall–Kier alpha value is -1.98. The van der Waals surface area contributed by atoms with E-state index in [0.717, 1.165) is 11.3 Å². The van der Waals surface area contributed by atoms with Crippen LogP contribution in [0.1, 0.15) is 31.7 Å². The molecule has 6 heteroatoms. The van der Waals surface area contributed by atoms with Crippen molar-refractivity contribution in [2.45, 2.75) is 26.2 Å². The van der Waals surface area contributed by atoms with Crippen LogP contribution in [0.2, 0.25) is 0 Å². The van der Waals surface area contributed by atoms with Gasteiger partial charge in [0.15, 0.2) is 0 Å². The number of urea groups is 1. The first-order chi connectivity index (χ1) is 8.09. The van der Waals surface area contributed by atoms with Gasteiger partial charge in [-0.1, -0.05) is 13.8 Å². The fourth-order valence-corrected chi connectivity index (χ4v) is 1.79. The van der Waals surface area contributed by atoms with E-state index in [9.17, 15) is 9.59 Å². The summed E-state index contributed by atoms with van der Waals surface area (Å²) in [5, 5.41) is 9.92. The molecule has 1 aliphatic rings. The van der Waals surface area contributed by atoms with Gasteiger partial charge in [-0.25, -0.2) is 4.79 Å². The molecule has 0 saturated carbocycles. The summed E-state index contributed by atoms with van der Waals surface area (Å²) < 4.78 is 0. The average molecular weight is 234 g/mol. The lowest BCUT2D eigenvalue weighted by molar-refractivity contribution is -0.120. The monoisotopic (exact) mass is 234 g/mol. The molecule has 17 heavy (non-hydrogen) atoms. The van der Waals surface area contributed by atoms with Gasteiger partial charge in [-0.15, -0.1) is 0 Å². The summed E-state index contributed by atoms with van der Waals surface area (Å²) in [4.78, 5) is 24.3. The minimum atomic E-state index is -0.392. The first-order valence-electron chi connectivity index (χ1n) is 5.51. The van der Waals surface area contributed by atoms with Crippen LogP contribution in [0.3, 0.4) is 0 Å². The highest BCUT2D eigenvalue weighted by atomic mass is 16.2. The van der Waals surface area contributed by atoms with Gasteiger partial charge < -0.3 is 0 Å². The molecule has 0 unspecified atom stereocenters. The second kappa shape index (κ2) is 4.48. The van der Waals surface area contributed by atoms with E-state index in [1.165, 1.54) is 4.90 Å². The fourth-order valence-electron chi connectivity index (χ4n) is 1.79. The van der Waals surface area contributed by atoms with Crippen LogP contribution in [-0.4, -0.2) is 28.7 Å². The average Bonchev–Trinajstić information content (AvgIpc) is 2.29. The predicted molar refractivity (Wildman–Crippen MR) is 61.6 cm³/mol. The Balaban J connectivity index is 2.34. The largest absolute Gasteiger partial charge is 0.328 e. The number of hydrogen-bond acceptors (Lipinski definition) is 4. The van der Waals surface area contributed by atoms with Crippen molar-refractivity contribution in [1.82, 2.24) is 15.5 Å². The number of nitrogens with one attached hydrogen (secondary N) is 1. The van der Waals surface area contributed by atoms with Crippen LogP contribution < -0.4 is 10.2 Å². The zero-order valence-electron chi connectivity index (χ0n) is 9.80. The number of nitrogens with zero attached hydrogens (tertiary/aromatic N) is 3. The lowest BCUT2D eigenvalue weighted by atomic mass is 10.0. The van der Waals surface area contributed by atoms with Gasteiger partial charge in [0.1, 0.15) is 0 Å². The van der Waals surface area contributed by atoms with Crippen molar-refractivity contribution in [3.05, 3.63) is 18.0 Å². The molecular formula is C11H14N4O2. The topological polar surface area (TPSA) is 75.2 Å². The molecule has 90 valence electrons. The number of anilines is 1. The number of carbonyl (C=O) groups excluding carboxylic acids is 2. The van der Waals surface area contributed by atoms with Crippen molar-refractivity contribution in [3.63, 3.8) is 0 Å². The first kappa shape index (κ1) is 11.5. The Labute approximate surface area is 99.0 Å². The Kier molecular flexibility index (Phi) is 3.03. The van der Waals surface area contributed by atoms with Gasteiger partial charge >= 0.3 is 6.03 Å². The molecule has 6 nitrogen and oxygen atoms in total. The quantitative estimate of drug-likeness (QED) is 0.829. The third kappa shape index (κ3) is 2.25. The molecule has 0 spiro atoms. The van der Waals surface area contributed by atoms with Crippen LogP contribution in [0, 0.1) is 0 Å². The Morgan fingerprint density at radius 2 is 2.00 bits per heavy atom. The van der Waals surface area contributed by atoms with Gasteiger partial charge in [-0.2, -0.15) is 10.2 Å². The van der Waals surface area contributed by atoms with Gasteiger partial charge in [0, 0.05) is 18.5 Å². The normalized spacial score (nSPS) is 16.3. The lowest BCUT2D eigenvalue weighted by Crippen LogP contribution is -2.50. The molecule has 0 atom stereocenters. The standard InChI is InChI=1S/C11H14N4O2/c1-7(2)8-5-12-13-6-9(8)15-4-3-10(16)14-11(15)17/h5-7H,3-4H2,1-2H3,(H,14,16,17). The summed E-state index contributed by atoms with van der Waals surface area (Å²) in [5.74, 6) is 0.00490. The number of imide groups is 1. The van der Waals surface area contributed by atoms with Crippen molar-refractivity contribution >= 4 is 17.6 Å². The molecule has 2 heterocycles. The van der Waals surface area contributed by atoms with E-state index in [2.05, 4.69) is 15.5 Å². The maximum absolute atomic E-state index is 11.7. The molecule has 1 aromatic rings. The molecule has 0 radical (unpaired) electrons. The van der Waals surface area contributed by atoms with Crippen molar-refractivity contribution in [1.29, 1.82) is 0 Å². The van der Waals surface area contributed by atoms with Gasteiger partial charge in [-0.05, 0) is 5.92 Å². The minimum Gasteiger partial charge on any atom is -0.292 e. The molecule has 1 N–H and O–H groups in total. The third-order valence-corrected chi connectivity index (χ3v) is 2.71. The summed E-state index contributed by atoms with van der Waals surface area (Å²) in [6.45, 7) is 4.43. The molecule has 0 aromatic carbocycles. The highest BCUT2D eigenvalue weighted by molar-refractivity contribution is 6.05. The molecule has 0 aliphatic carbocycles. The van der Waals surface area contributed by atoms with Gasteiger partial charge in [0.05, 0.1) is 18.1 Å². The molecule has 3 amide bonds. The fraction of sp³-hybridized carbons (Fsp3) is 0.455.